The molecule has 2 rings (SSSR count). The molecule has 1 aliphatic heterocycles. The molecule has 2 heterocycles. The van der Waals surface area contributed by atoms with Gasteiger partial charge in [0.2, 0.25) is 0 Å². The Labute approximate surface area is 91.6 Å². The molecule has 78 valence electrons. The molecule has 1 N–H and O–H groups in total. The third kappa shape index (κ3) is 2.13. The molecule has 0 radical (unpaired) electrons. The van der Waals surface area contributed by atoms with Gasteiger partial charge in [-0.1, -0.05) is 5.21 Å². The van der Waals surface area contributed by atoms with Crippen molar-refractivity contribution in [3.05, 3.63) is 10.3 Å². The van der Waals surface area contributed by atoms with Crippen molar-refractivity contribution in [2.45, 2.75) is 6.54 Å². The van der Waals surface area contributed by atoms with Crippen molar-refractivity contribution in [2.75, 3.05) is 26.2 Å². The van der Waals surface area contributed by atoms with Crippen molar-refractivity contribution >= 4 is 15.9 Å². The minimum atomic E-state index is 0.860. The Balaban J connectivity index is 2.02. The molecule has 1 aromatic rings. The van der Waals surface area contributed by atoms with Gasteiger partial charge in [0.15, 0.2) is 4.60 Å². The Kier molecular flexibility index (Phi) is 3.15. The van der Waals surface area contributed by atoms with E-state index < -0.39 is 0 Å². The molecule has 0 saturated carbocycles. The number of piperazine rings is 1. The van der Waals surface area contributed by atoms with Crippen LogP contribution in [0, 0.1) is 0 Å². The largest absolute Gasteiger partial charge is 0.314 e. The highest BCUT2D eigenvalue weighted by Crippen LogP contribution is 2.14. The second kappa shape index (κ2) is 4.37. The van der Waals surface area contributed by atoms with Crippen molar-refractivity contribution in [1.29, 1.82) is 0 Å². The van der Waals surface area contributed by atoms with Crippen LogP contribution in [0.25, 0.3) is 0 Å². The molecule has 1 saturated heterocycles. The fourth-order valence-electron chi connectivity index (χ4n) is 1.60. The summed E-state index contributed by atoms with van der Waals surface area (Å²) in [6.07, 6.45) is 0. The number of halogens is 1. The van der Waals surface area contributed by atoms with Crippen LogP contribution in [0.4, 0.5) is 0 Å². The van der Waals surface area contributed by atoms with Crippen LogP contribution in [0.2, 0.25) is 0 Å². The van der Waals surface area contributed by atoms with E-state index in [0.29, 0.717) is 0 Å². The van der Waals surface area contributed by atoms with E-state index in [2.05, 4.69) is 36.5 Å². The first-order valence-corrected chi connectivity index (χ1v) is 5.54. The number of hydrogen-bond donors (Lipinski definition) is 1. The SMILES string of the molecule is Cn1nnc(Br)c1CN1CCNCC1. The molecule has 0 spiro atoms. The van der Waals surface area contributed by atoms with Crippen LogP contribution in [-0.2, 0) is 13.6 Å². The first kappa shape index (κ1) is 10.1. The molecule has 14 heavy (non-hydrogen) atoms. The standard InChI is InChI=1S/C8H14BrN5/c1-13-7(8(9)11-12-13)6-14-4-2-10-3-5-14/h10H,2-6H2,1H3. The van der Waals surface area contributed by atoms with Crippen LogP contribution in [0.1, 0.15) is 5.69 Å². The zero-order valence-corrected chi connectivity index (χ0v) is 9.79. The van der Waals surface area contributed by atoms with Gasteiger partial charge in [0, 0.05) is 39.8 Å². The van der Waals surface area contributed by atoms with Crippen molar-refractivity contribution in [3.63, 3.8) is 0 Å². The van der Waals surface area contributed by atoms with E-state index in [-0.39, 0.29) is 0 Å². The summed E-state index contributed by atoms with van der Waals surface area (Å²) in [6, 6.07) is 0. The molecule has 0 bridgehead atoms. The van der Waals surface area contributed by atoms with Crippen LogP contribution >= 0.6 is 15.9 Å². The molecule has 0 unspecified atom stereocenters. The van der Waals surface area contributed by atoms with E-state index in [1.807, 2.05) is 11.7 Å². The summed E-state index contributed by atoms with van der Waals surface area (Å²) in [5.41, 5.74) is 1.15. The summed E-state index contributed by atoms with van der Waals surface area (Å²) in [5, 5.41) is 11.3. The first-order valence-electron chi connectivity index (χ1n) is 4.74. The van der Waals surface area contributed by atoms with Gasteiger partial charge in [-0.15, -0.1) is 5.10 Å². The number of aryl methyl sites for hydroxylation is 1. The topological polar surface area (TPSA) is 46.0 Å². The van der Waals surface area contributed by atoms with Gasteiger partial charge < -0.3 is 5.32 Å². The highest BCUT2D eigenvalue weighted by atomic mass is 79.9. The molecule has 6 heteroatoms. The second-order valence-corrected chi connectivity index (χ2v) is 4.23. The lowest BCUT2D eigenvalue weighted by atomic mass is 10.3. The maximum atomic E-state index is 3.97. The summed E-state index contributed by atoms with van der Waals surface area (Å²) >= 11 is 3.41. The quantitative estimate of drug-likeness (QED) is 0.812. The van der Waals surface area contributed by atoms with Gasteiger partial charge in [-0.3, -0.25) is 4.90 Å². The van der Waals surface area contributed by atoms with E-state index in [1.54, 1.807) is 0 Å². The Morgan fingerprint density at radius 2 is 2.14 bits per heavy atom. The van der Waals surface area contributed by atoms with Crippen molar-refractivity contribution in [3.8, 4) is 0 Å². The lowest BCUT2D eigenvalue weighted by Crippen LogP contribution is -2.43. The molecule has 1 aromatic heterocycles. The number of nitrogens with zero attached hydrogens (tertiary/aromatic N) is 4. The molecule has 0 amide bonds. The number of aromatic nitrogens is 3. The molecule has 1 aliphatic rings. The van der Waals surface area contributed by atoms with Crippen LogP contribution in [-0.4, -0.2) is 46.1 Å². The summed E-state index contributed by atoms with van der Waals surface area (Å²) in [6.45, 7) is 5.26. The van der Waals surface area contributed by atoms with E-state index in [0.717, 1.165) is 43.0 Å². The average molecular weight is 260 g/mol. The van der Waals surface area contributed by atoms with Crippen molar-refractivity contribution < 1.29 is 0 Å². The molecule has 0 aliphatic carbocycles. The molecular formula is C8H14BrN5. The van der Waals surface area contributed by atoms with Gasteiger partial charge in [-0.05, 0) is 15.9 Å². The number of rotatable bonds is 2. The Morgan fingerprint density at radius 3 is 2.71 bits per heavy atom. The molecule has 5 nitrogen and oxygen atoms in total. The zero-order valence-electron chi connectivity index (χ0n) is 8.20. The predicted molar refractivity (Wildman–Crippen MR) is 56.8 cm³/mol. The number of hydrogen-bond acceptors (Lipinski definition) is 4. The van der Waals surface area contributed by atoms with E-state index in [9.17, 15) is 0 Å². The third-order valence-electron chi connectivity index (χ3n) is 2.48. The molecule has 0 atom stereocenters. The van der Waals surface area contributed by atoms with Gasteiger partial charge >= 0.3 is 0 Å². The maximum absolute atomic E-state index is 3.97. The molecule has 1 fully saturated rings. The van der Waals surface area contributed by atoms with Crippen LogP contribution < -0.4 is 5.32 Å². The van der Waals surface area contributed by atoms with Gasteiger partial charge in [0.05, 0.1) is 5.69 Å². The Morgan fingerprint density at radius 1 is 1.43 bits per heavy atom. The number of nitrogens with one attached hydrogen (secondary N) is 1. The summed E-state index contributed by atoms with van der Waals surface area (Å²) < 4.78 is 2.69. The third-order valence-corrected chi connectivity index (χ3v) is 3.09. The zero-order chi connectivity index (χ0) is 9.97. The van der Waals surface area contributed by atoms with E-state index in [1.165, 1.54) is 0 Å². The van der Waals surface area contributed by atoms with Gasteiger partial charge in [-0.25, -0.2) is 4.68 Å². The lowest BCUT2D eigenvalue weighted by Gasteiger charge is -2.26. The summed E-state index contributed by atoms with van der Waals surface area (Å²) in [5.74, 6) is 0. The smallest absolute Gasteiger partial charge is 0.152 e. The maximum Gasteiger partial charge on any atom is 0.152 e. The van der Waals surface area contributed by atoms with Crippen molar-refractivity contribution in [1.82, 2.24) is 25.2 Å². The minimum Gasteiger partial charge on any atom is -0.314 e. The Bertz CT molecular complexity index is 285. The monoisotopic (exact) mass is 259 g/mol. The second-order valence-electron chi connectivity index (χ2n) is 3.48. The van der Waals surface area contributed by atoms with E-state index >= 15 is 0 Å². The molecular weight excluding hydrogens is 246 g/mol. The van der Waals surface area contributed by atoms with Gasteiger partial charge in [-0.2, -0.15) is 0 Å². The highest BCUT2D eigenvalue weighted by molar-refractivity contribution is 9.10. The Hall–Kier alpha value is -0.460. The summed E-state index contributed by atoms with van der Waals surface area (Å²) in [7, 11) is 1.93. The average Bonchev–Trinajstić information content (AvgIpc) is 2.51. The van der Waals surface area contributed by atoms with E-state index in [4.69, 9.17) is 0 Å². The van der Waals surface area contributed by atoms with Gasteiger partial charge in [0.25, 0.3) is 0 Å². The fraction of sp³-hybridized carbons (Fsp3) is 0.750. The van der Waals surface area contributed by atoms with Crippen LogP contribution in [0.15, 0.2) is 4.60 Å². The van der Waals surface area contributed by atoms with Gasteiger partial charge in [0.1, 0.15) is 0 Å². The normalized spacial score (nSPS) is 18.7. The fourth-order valence-corrected chi connectivity index (χ4v) is 2.05. The summed E-state index contributed by atoms with van der Waals surface area (Å²) in [4.78, 5) is 2.40. The minimum absolute atomic E-state index is 0.860. The highest BCUT2D eigenvalue weighted by Gasteiger charge is 2.14. The van der Waals surface area contributed by atoms with Crippen molar-refractivity contribution in [2.24, 2.45) is 7.05 Å². The molecule has 0 aromatic carbocycles. The van der Waals surface area contributed by atoms with Crippen LogP contribution in [0.5, 0.6) is 0 Å². The first-order chi connectivity index (χ1) is 6.77. The van der Waals surface area contributed by atoms with Crippen LogP contribution in [0.3, 0.4) is 0 Å². The lowest BCUT2D eigenvalue weighted by molar-refractivity contribution is 0.227. The predicted octanol–water partition coefficient (Wildman–Crippen LogP) is -0.0172.